The largest absolute Gasteiger partial charge is 0.371 e. The van der Waals surface area contributed by atoms with Gasteiger partial charge in [0.2, 0.25) is 0 Å². The molecule has 0 unspecified atom stereocenters. The summed E-state index contributed by atoms with van der Waals surface area (Å²) in [7, 11) is 6.36. The van der Waals surface area contributed by atoms with Crippen LogP contribution in [0.3, 0.4) is 0 Å². The number of nitrogens with zero attached hydrogens (tertiary/aromatic N) is 2. The second kappa shape index (κ2) is 6.21. The van der Waals surface area contributed by atoms with Crippen LogP contribution < -0.4 is 10.2 Å². The van der Waals surface area contributed by atoms with Crippen LogP contribution in [-0.4, -0.2) is 45.2 Å². The third kappa shape index (κ3) is 3.24. The van der Waals surface area contributed by atoms with E-state index in [-0.39, 0.29) is 0 Å². The second-order valence-electron chi connectivity index (χ2n) is 5.38. The van der Waals surface area contributed by atoms with Gasteiger partial charge in [0.1, 0.15) is 0 Å². The summed E-state index contributed by atoms with van der Waals surface area (Å²) in [5, 5.41) is 3.18. The van der Waals surface area contributed by atoms with E-state index in [4.69, 9.17) is 0 Å². The lowest BCUT2D eigenvalue weighted by Crippen LogP contribution is -2.41. The van der Waals surface area contributed by atoms with Crippen molar-refractivity contribution in [3.05, 3.63) is 29.8 Å². The SMILES string of the molecule is CNCc1ccc(N2CCC(N(C)C)CC2)cc1. The van der Waals surface area contributed by atoms with Crippen LogP contribution in [0.1, 0.15) is 18.4 Å². The van der Waals surface area contributed by atoms with Gasteiger partial charge in [-0.25, -0.2) is 0 Å². The fourth-order valence-corrected chi connectivity index (χ4v) is 2.67. The van der Waals surface area contributed by atoms with Crippen molar-refractivity contribution in [2.75, 3.05) is 39.1 Å². The molecule has 1 aromatic rings. The molecule has 3 nitrogen and oxygen atoms in total. The Morgan fingerprint density at radius 3 is 2.28 bits per heavy atom. The number of piperidine rings is 1. The topological polar surface area (TPSA) is 18.5 Å². The third-order valence-corrected chi connectivity index (χ3v) is 3.88. The van der Waals surface area contributed by atoms with Crippen molar-refractivity contribution in [1.82, 2.24) is 10.2 Å². The molecular formula is C15H25N3. The van der Waals surface area contributed by atoms with Gasteiger partial charge < -0.3 is 15.1 Å². The van der Waals surface area contributed by atoms with Gasteiger partial charge in [-0.05, 0) is 51.7 Å². The predicted octanol–water partition coefficient (Wildman–Crippen LogP) is 1.94. The molecule has 1 aliphatic rings. The van der Waals surface area contributed by atoms with Gasteiger partial charge in [-0.15, -0.1) is 0 Å². The van der Waals surface area contributed by atoms with Gasteiger partial charge >= 0.3 is 0 Å². The predicted molar refractivity (Wildman–Crippen MR) is 78.1 cm³/mol. The summed E-state index contributed by atoms with van der Waals surface area (Å²) in [4.78, 5) is 4.86. The van der Waals surface area contributed by atoms with E-state index in [1.165, 1.54) is 37.2 Å². The molecule has 0 spiro atoms. The van der Waals surface area contributed by atoms with Gasteiger partial charge in [-0.1, -0.05) is 12.1 Å². The van der Waals surface area contributed by atoms with E-state index in [9.17, 15) is 0 Å². The number of nitrogens with one attached hydrogen (secondary N) is 1. The Morgan fingerprint density at radius 1 is 1.17 bits per heavy atom. The van der Waals surface area contributed by atoms with Crippen LogP contribution in [0.15, 0.2) is 24.3 Å². The van der Waals surface area contributed by atoms with Crippen molar-refractivity contribution in [1.29, 1.82) is 0 Å². The lowest BCUT2D eigenvalue weighted by molar-refractivity contribution is 0.249. The minimum atomic E-state index is 0.754. The summed E-state index contributed by atoms with van der Waals surface area (Å²) in [5.41, 5.74) is 2.72. The normalized spacial score (nSPS) is 17.4. The molecule has 100 valence electrons. The Kier molecular flexibility index (Phi) is 4.61. The lowest BCUT2D eigenvalue weighted by Gasteiger charge is -2.36. The van der Waals surface area contributed by atoms with Crippen molar-refractivity contribution in [2.24, 2.45) is 0 Å². The highest BCUT2D eigenvalue weighted by Gasteiger charge is 2.20. The van der Waals surface area contributed by atoms with E-state index in [0.29, 0.717) is 0 Å². The molecule has 18 heavy (non-hydrogen) atoms. The van der Waals surface area contributed by atoms with E-state index in [1.807, 2.05) is 7.05 Å². The summed E-state index contributed by atoms with van der Waals surface area (Å²) < 4.78 is 0. The number of rotatable bonds is 4. The summed E-state index contributed by atoms with van der Waals surface area (Å²) in [6, 6.07) is 9.71. The zero-order valence-electron chi connectivity index (χ0n) is 11.8. The fraction of sp³-hybridized carbons (Fsp3) is 0.600. The number of benzene rings is 1. The smallest absolute Gasteiger partial charge is 0.0366 e. The maximum absolute atomic E-state index is 3.18. The Bertz CT molecular complexity index is 351. The molecule has 0 aromatic heterocycles. The summed E-state index contributed by atoms with van der Waals surface area (Å²) in [5.74, 6) is 0. The van der Waals surface area contributed by atoms with E-state index in [1.54, 1.807) is 0 Å². The van der Waals surface area contributed by atoms with Crippen LogP contribution in [0.2, 0.25) is 0 Å². The third-order valence-electron chi connectivity index (χ3n) is 3.88. The van der Waals surface area contributed by atoms with Crippen LogP contribution in [0.4, 0.5) is 5.69 Å². The lowest BCUT2D eigenvalue weighted by atomic mass is 10.0. The Labute approximate surface area is 111 Å². The second-order valence-corrected chi connectivity index (χ2v) is 5.38. The quantitative estimate of drug-likeness (QED) is 0.877. The molecule has 1 fully saturated rings. The zero-order chi connectivity index (χ0) is 13.0. The molecule has 1 heterocycles. The van der Waals surface area contributed by atoms with Gasteiger partial charge in [-0.3, -0.25) is 0 Å². The van der Waals surface area contributed by atoms with E-state index in [0.717, 1.165) is 12.6 Å². The molecule has 1 N–H and O–H groups in total. The Balaban J connectivity index is 1.93. The van der Waals surface area contributed by atoms with Crippen LogP contribution in [0.25, 0.3) is 0 Å². The number of hydrogen-bond acceptors (Lipinski definition) is 3. The Hall–Kier alpha value is -1.06. The first-order valence-corrected chi connectivity index (χ1v) is 6.85. The molecule has 0 amide bonds. The minimum Gasteiger partial charge on any atom is -0.371 e. The molecule has 1 aromatic carbocycles. The van der Waals surface area contributed by atoms with Crippen LogP contribution in [-0.2, 0) is 6.54 Å². The average Bonchev–Trinajstić information content (AvgIpc) is 2.40. The number of anilines is 1. The van der Waals surface area contributed by atoms with Gasteiger partial charge in [0.15, 0.2) is 0 Å². The summed E-state index contributed by atoms with van der Waals surface area (Å²) >= 11 is 0. The first-order valence-electron chi connectivity index (χ1n) is 6.85. The Morgan fingerprint density at radius 2 is 1.78 bits per heavy atom. The molecule has 0 radical (unpaired) electrons. The minimum absolute atomic E-state index is 0.754. The highest BCUT2D eigenvalue weighted by molar-refractivity contribution is 5.48. The van der Waals surface area contributed by atoms with Gasteiger partial charge in [-0.2, -0.15) is 0 Å². The van der Waals surface area contributed by atoms with E-state index in [2.05, 4.69) is 53.5 Å². The van der Waals surface area contributed by atoms with Crippen molar-refractivity contribution < 1.29 is 0 Å². The number of hydrogen-bond donors (Lipinski definition) is 1. The van der Waals surface area contributed by atoms with E-state index >= 15 is 0 Å². The first-order chi connectivity index (χ1) is 8.70. The van der Waals surface area contributed by atoms with E-state index < -0.39 is 0 Å². The van der Waals surface area contributed by atoms with Crippen molar-refractivity contribution in [3.8, 4) is 0 Å². The molecule has 0 saturated carbocycles. The van der Waals surface area contributed by atoms with Gasteiger partial charge in [0.25, 0.3) is 0 Å². The summed E-state index contributed by atoms with van der Waals surface area (Å²) in [6.07, 6.45) is 2.54. The van der Waals surface area contributed by atoms with Crippen molar-refractivity contribution in [2.45, 2.75) is 25.4 Å². The van der Waals surface area contributed by atoms with Crippen molar-refractivity contribution >= 4 is 5.69 Å². The molecule has 3 heteroatoms. The molecule has 0 bridgehead atoms. The molecule has 0 atom stereocenters. The molecule has 1 saturated heterocycles. The highest BCUT2D eigenvalue weighted by Crippen LogP contribution is 2.22. The molecule has 2 rings (SSSR count). The first kappa shape index (κ1) is 13.4. The molecule has 0 aliphatic carbocycles. The van der Waals surface area contributed by atoms with Gasteiger partial charge in [0.05, 0.1) is 0 Å². The molecule has 1 aliphatic heterocycles. The van der Waals surface area contributed by atoms with Gasteiger partial charge in [0, 0.05) is 31.4 Å². The average molecular weight is 247 g/mol. The summed E-state index contributed by atoms with van der Waals surface area (Å²) in [6.45, 7) is 3.30. The zero-order valence-corrected chi connectivity index (χ0v) is 11.8. The molecular weight excluding hydrogens is 222 g/mol. The highest BCUT2D eigenvalue weighted by atomic mass is 15.2. The van der Waals surface area contributed by atoms with Crippen LogP contribution in [0, 0.1) is 0 Å². The monoisotopic (exact) mass is 247 g/mol. The van der Waals surface area contributed by atoms with Crippen LogP contribution >= 0.6 is 0 Å². The van der Waals surface area contributed by atoms with Crippen LogP contribution in [0.5, 0.6) is 0 Å². The standard InChI is InChI=1S/C15H25N3/c1-16-12-13-4-6-15(7-5-13)18-10-8-14(9-11-18)17(2)3/h4-7,14,16H,8-12H2,1-3H3. The maximum Gasteiger partial charge on any atom is 0.0366 e. The van der Waals surface area contributed by atoms with Crippen molar-refractivity contribution in [3.63, 3.8) is 0 Å². The fourth-order valence-electron chi connectivity index (χ4n) is 2.67. The maximum atomic E-state index is 3.18.